The van der Waals surface area contributed by atoms with Crippen LogP contribution in [0.4, 0.5) is 0 Å². The summed E-state index contributed by atoms with van der Waals surface area (Å²) in [6.07, 6.45) is 0.932. The van der Waals surface area contributed by atoms with Gasteiger partial charge in [-0.25, -0.2) is 0 Å². The first-order chi connectivity index (χ1) is 5.02. The minimum absolute atomic E-state index is 0.0369. The number of rotatable bonds is 4. The first kappa shape index (κ1) is 10.4. The zero-order valence-corrected chi connectivity index (χ0v) is 7.76. The molecule has 0 saturated carbocycles. The molecule has 0 heterocycles. The highest BCUT2D eigenvalue weighted by Gasteiger charge is 2.04. The maximum absolute atomic E-state index is 10.5. The van der Waals surface area contributed by atoms with Crippen LogP contribution < -0.4 is 0 Å². The molecule has 0 N–H and O–H groups in total. The Morgan fingerprint density at radius 3 is 2.45 bits per heavy atom. The van der Waals surface area contributed by atoms with Gasteiger partial charge in [0.05, 0.1) is 0 Å². The Bertz CT molecular complexity index is 123. The fourth-order valence-corrected chi connectivity index (χ4v) is 0.782. The third kappa shape index (κ3) is 7.33. The summed E-state index contributed by atoms with van der Waals surface area (Å²) in [6.45, 7) is 4.30. The molecule has 0 radical (unpaired) electrons. The lowest BCUT2D eigenvalue weighted by molar-refractivity contribution is -0.145. The van der Waals surface area contributed by atoms with E-state index in [4.69, 9.17) is 4.74 Å². The van der Waals surface area contributed by atoms with Gasteiger partial charge in [-0.1, -0.05) is 0 Å². The Morgan fingerprint density at radius 1 is 1.55 bits per heavy atom. The van der Waals surface area contributed by atoms with Crippen molar-refractivity contribution in [3.8, 4) is 0 Å². The summed E-state index contributed by atoms with van der Waals surface area (Å²) >= 11 is 0. The van der Waals surface area contributed by atoms with Gasteiger partial charge in [-0.3, -0.25) is 4.79 Å². The van der Waals surface area contributed by atoms with Crippen molar-refractivity contribution >= 4 is 5.97 Å². The van der Waals surface area contributed by atoms with Crippen LogP contribution in [0.3, 0.4) is 0 Å². The average Bonchev–Trinajstić information content (AvgIpc) is 1.82. The summed E-state index contributed by atoms with van der Waals surface area (Å²) in [4.78, 5) is 12.5. The summed E-state index contributed by atoms with van der Waals surface area (Å²) in [5, 5.41) is 0. The predicted molar refractivity (Wildman–Crippen MR) is 44.4 cm³/mol. The number of ether oxygens (including phenoxy) is 1. The van der Waals surface area contributed by atoms with E-state index in [1.54, 1.807) is 0 Å². The smallest absolute Gasteiger partial charge is 0.302 e. The van der Waals surface area contributed by atoms with E-state index in [1.807, 2.05) is 21.0 Å². The number of esters is 1. The van der Waals surface area contributed by atoms with Crippen molar-refractivity contribution in [3.05, 3.63) is 0 Å². The molecule has 0 aromatic rings. The number of hydrogen-bond donors (Lipinski definition) is 0. The second kappa shape index (κ2) is 5.13. The molecule has 11 heavy (non-hydrogen) atoms. The van der Waals surface area contributed by atoms with Crippen LogP contribution in [0, 0.1) is 0 Å². The number of nitrogens with zero attached hydrogens (tertiary/aromatic N) is 1. The summed E-state index contributed by atoms with van der Waals surface area (Å²) in [5.74, 6) is -0.198. The normalized spacial score (nSPS) is 13.2. The first-order valence-electron chi connectivity index (χ1n) is 3.84. The molecule has 0 aliphatic rings. The molecule has 1 unspecified atom stereocenters. The molecule has 3 nitrogen and oxygen atoms in total. The van der Waals surface area contributed by atoms with E-state index in [2.05, 4.69) is 4.90 Å². The molecule has 0 saturated heterocycles. The van der Waals surface area contributed by atoms with Crippen LogP contribution in [0.2, 0.25) is 0 Å². The molecule has 0 aromatic heterocycles. The van der Waals surface area contributed by atoms with Crippen LogP contribution in [0.25, 0.3) is 0 Å². The van der Waals surface area contributed by atoms with Gasteiger partial charge < -0.3 is 9.64 Å². The largest absolute Gasteiger partial charge is 0.463 e. The van der Waals surface area contributed by atoms with E-state index >= 15 is 0 Å². The molecule has 0 rings (SSSR count). The Kier molecular flexibility index (Phi) is 4.86. The molecule has 0 spiro atoms. The molecular formula is C8H17NO2. The Morgan fingerprint density at radius 2 is 2.09 bits per heavy atom. The average molecular weight is 159 g/mol. The van der Waals surface area contributed by atoms with Crippen molar-refractivity contribution in [1.29, 1.82) is 0 Å². The van der Waals surface area contributed by atoms with Gasteiger partial charge in [0, 0.05) is 13.5 Å². The van der Waals surface area contributed by atoms with Crippen LogP contribution in [0.15, 0.2) is 0 Å². The van der Waals surface area contributed by atoms with Gasteiger partial charge in [0.2, 0.25) is 0 Å². The third-order valence-electron chi connectivity index (χ3n) is 1.35. The maximum atomic E-state index is 10.5. The highest BCUT2D eigenvalue weighted by atomic mass is 16.5. The third-order valence-corrected chi connectivity index (χ3v) is 1.35. The minimum atomic E-state index is -0.198. The summed E-state index contributed by atoms with van der Waals surface area (Å²) in [7, 11) is 4.00. The van der Waals surface area contributed by atoms with Crippen molar-refractivity contribution in [2.75, 3.05) is 20.6 Å². The molecule has 0 aliphatic carbocycles. The van der Waals surface area contributed by atoms with Gasteiger partial charge in [-0.2, -0.15) is 0 Å². The first-order valence-corrected chi connectivity index (χ1v) is 3.84. The molecule has 66 valence electrons. The molecule has 0 aliphatic heterocycles. The number of carbonyl (C=O) groups is 1. The van der Waals surface area contributed by atoms with Gasteiger partial charge in [0.15, 0.2) is 0 Å². The van der Waals surface area contributed by atoms with E-state index in [0.29, 0.717) is 0 Å². The van der Waals surface area contributed by atoms with E-state index < -0.39 is 0 Å². The number of carbonyl (C=O) groups excluding carboxylic acids is 1. The molecule has 0 fully saturated rings. The molecular weight excluding hydrogens is 142 g/mol. The summed E-state index contributed by atoms with van der Waals surface area (Å²) in [6, 6.07) is 0. The van der Waals surface area contributed by atoms with Gasteiger partial charge in [0.25, 0.3) is 0 Å². The lowest BCUT2D eigenvalue weighted by atomic mass is 10.3. The lowest BCUT2D eigenvalue weighted by Crippen LogP contribution is -2.20. The summed E-state index contributed by atoms with van der Waals surface area (Å²) in [5.41, 5.74) is 0. The van der Waals surface area contributed by atoms with E-state index in [-0.39, 0.29) is 12.1 Å². The van der Waals surface area contributed by atoms with E-state index in [0.717, 1.165) is 13.0 Å². The number of hydrogen-bond acceptors (Lipinski definition) is 3. The quantitative estimate of drug-likeness (QED) is 0.570. The minimum Gasteiger partial charge on any atom is -0.463 e. The second-order valence-electron chi connectivity index (χ2n) is 3.01. The van der Waals surface area contributed by atoms with Crippen LogP contribution in [-0.4, -0.2) is 37.6 Å². The molecule has 0 bridgehead atoms. The van der Waals surface area contributed by atoms with Gasteiger partial charge in [-0.15, -0.1) is 0 Å². The molecule has 3 heteroatoms. The van der Waals surface area contributed by atoms with Crippen LogP contribution in [0.1, 0.15) is 20.3 Å². The highest BCUT2D eigenvalue weighted by Crippen LogP contribution is 1.97. The van der Waals surface area contributed by atoms with Crippen LogP contribution in [0.5, 0.6) is 0 Å². The van der Waals surface area contributed by atoms with E-state index in [9.17, 15) is 4.79 Å². The van der Waals surface area contributed by atoms with Crippen molar-refractivity contribution in [2.45, 2.75) is 26.4 Å². The topological polar surface area (TPSA) is 29.5 Å². The van der Waals surface area contributed by atoms with Gasteiger partial charge in [0.1, 0.15) is 6.10 Å². The summed E-state index contributed by atoms with van der Waals surface area (Å²) < 4.78 is 4.94. The standard InChI is InChI=1S/C8H17NO2/c1-7(11-8(2)10)5-6-9(3)4/h7H,5-6H2,1-4H3. The van der Waals surface area contributed by atoms with Crippen molar-refractivity contribution in [2.24, 2.45) is 0 Å². The zero-order valence-electron chi connectivity index (χ0n) is 7.76. The highest BCUT2D eigenvalue weighted by molar-refractivity contribution is 5.66. The van der Waals surface area contributed by atoms with Crippen molar-refractivity contribution in [3.63, 3.8) is 0 Å². The fraction of sp³-hybridized carbons (Fsp3) is 0.875. The predicted octanol–water partition coefficient (Wildman–Crippen LogP) is 0.890. The fourth-order valence-electron chi connectivity index (χ4n) is 0.782. The van der Waals surface area contributed by atoms with Crippen LogP contribution >= 0.6 is 0 Å². The van der Waals surface area contributed by atoms with Gasteiger partial charge in [-0.05, 0) is 27.4 Å². The molecule has 0 aromatic carbocycles. The Balaban J connectivity index is 3.37. The Labute approximate surface area is 68.3 Å². The van der Waals surface area contributed by atoms with Crippen molar-refractivity contribution < 1.29 is 9.53 Å². The SMILES string of the molecule is CC(=O)OC(C)CCN(C)C. The molecule has 0 amide bonds. The Hall–Kier alpha value is -0.570. The molecule has 1 atom stereocenters. The monoisotopic (exact) mass is 159 g/mol. The lowest BCUT2D eigenvalue weighted by Gasteiger charge is -2.14. The zero-order chi connectivity index (χ0) is 8.85. The second-order valence-corrected chi connectivity index (χ2v) is 3.01. The van der Waals surface area contributed by atoms with Crippen LogP contribution in [-0.2, 0) is 9.53 Å². The van der Waals surface area contributed by atoms with Crippen molar-refractivity contribution in [1.82, 2.24) is 4.90 Å². The van der Waals surface area contributed by atoms with Gasteiger partial charge >= 0.3 is 5.97 Å². The maximum Gasteiger partial charge on any atom is 0.302 e. The van der Waals surface area contributed by atoms with E-state index in [1.165, 1.54) is 6.92 Å².